The number of benzene rings is 2. The summed E-state index contributed by atoms with van der Waals surface area (Å²) in [6.07, 6.45) is -3.37. The molecule has 212 valence electrons. The number of nitro benzene ring substituents is 1. The Kier molecular flexibility index (Phi) is 8.64. The van der Waals surface area contributed by atoms with Crippen LogP contribution in [0.25, 0.3) is 6.08 Å². The molecule has 2 aliphatic heterocycles. The van der Waals surface area contributed by atoms with E-state index >= 15 is 0 Å². The summed E-state index contributed by atoms with van der Waals surface area (Å²) in [6, 6.07) is 6.17. The summed E-state index contributed by atoms with van der Waals surface area (Å²) in [7, 11) is 0. The van der Waals surface area contributed by atoms with Gasteiger partial charge in [-0.1, -0.05) is 6.07 Å². The predicted octanol–water partition coefficient (Wildman–Crippen LogP) is 4.70. The maximum atomic E-state index is 13.0. The molecule has 4 rings (SSSR count). The summed E-state index contributed by atoms with van der Waals surface area (Å²) in [5.41, 5.74) is -1.68. The van der Waals surface area contributed by atoms with Gasteiger partial charge in [0.2, 0.25) is 11.7 Å². The first kappa shape index (κ1) is 28.9. The number of ether oxygens (including phenoxy) is 3. The minimum atomic E-state index is -4.78. The molecule has 0 saturated carbocycles. The van der Waals surface area contributed by atoms with E-state index in [1.54, 1.807) is 6.92 Å². The number of hydrogen-bond acceptors (Lipinski definition) is 9. The molecule has 2 aliphatic rings. The molecule has 2 aromatic rings. The van der Waals surface area contributed by atoms with E-state index < -0.39 is 45.8 Å². The number of imide groups is 1. The molecule has 0 aromatic heterocycles. The second-order valence-corrected chi connectivity index (χ2v) is 9.43. The zero-order valence-electron chi connectivity index (χ0n) is 20.9. The highest BCUT2D eigenvalue weighted by Crippen LogP contribution is 2.41. The van der Waals surface area contributed by atoms with Gasteiger partial charge in [0, 0.05) is 19.2 Å². The maximum Gasteiger partial charge on any atom is 0.416 e. The molecule has 0 bridgehead atoms. The van der Waals surface area contributed by atoms with Crippen LogP contribution in [0.4, 0.5) is 23.7 Å². The van der Waals surface area contributed by atoms with Crippen molar-refractivity contribution in [3.8, 4) is 17.2 Å². The number of nitrogens with zero attached hydrogens (tertiary/aromatic N) is 3. The largest absolute Gasteiger partial charge is 0.490 e. The van der Waals surface area contributed by atoms with E-state index in [-0.39, 0.29) is 28.9 Å². The van der Waals surface area contributed by atoms with Gasteiger partial charge in [-0.15, -0.1) is 0 Å². The molecule has 0 unspecified atom stereocenters. The van der Waals surface area contributed by atoms with Crippen molar-refractivity contribution in [1.29, 1.82) is 0 Å². The Labute approximate surface area is 229 Å². The first-order valence-corrected chi connectivity index (χ1v) is 12.7. The van der Waals surface area contributed by atoms with E-state index in [2.05, 4.69) is 0 Å². The van der Waals surface area contributed by atoms with Crippen molar-refractivity contribution in [2.75, 3.05) is 39.5 Å². The fraction of sp³-hybridized carbons (Fsp3) is 0.320. The van der Waals surface area contributed by atoms with Crippen LogP contribution in [-0.2, 0) is 20.5 Å². The summed E-state index contributed by atoms with van der Waals surface area (Å²) in [5.74, 6) is -1.38. The fourth-order valence-electron chi connectivity index (χ4n) is 3.84. The van der Waals surface area contributed by atoms with Crippen LogP contribution in [0.15, 0.2) is 41.3 Å². The second kappa shape index (κ2) is 12.0. The number of carbonyl (C=O) groups is 3. The minimum absolute atomic E-state index is 0.0222. The van der Waals surface area contributed by atoms with Gasteiger partial charge in [0.25, 0.3) is 11.1 Å². The van der Waals surface area contributed by atoms with Crippen LogP contribution < -0.4 is 9.47 Å². The molecule has 3 amide bonds. The third-order valence-electron chi connectivity index (χ3n) is 5.80. The van der Waals surface area contributed by atoms with Crippen molar-refractivity contribution in [3.63, 3.8) is 0 Å². The number of alkyl halides is 3. The normalized spacial score (nSPS) is 16.9. The van der Waals surface area contributed by atoms with Crippen molar-refractivity contribution in [1.82, 2.24) is 9.80 Å². The SMILES string of the molecule is CCOc1cc(/C=C2/SC(=O)N(CC(=O)N3CCOCC3)C2=O)ccc1Oc1ccc(C(F)(F)F)cc1[N+](=O)[O-]. The molecule has 2 saturated heterocycles. The monoisotopic (exact) mass is 581 g/mol. The van der Waals surface area contributed by atoms with Gasteiger partial charge in [0.05, 0.1) is 35.2 Å². The van der Waals surface area contributed by atoms with Crippen LogP contribution in [-0.4, -0.2) is 71.2 Å². The first-order valence-electron chi connectivity index (χ1n) is 11.9. The Morgan fingerprint density at radius 3 is 2.48 bits per heavy atom. The number of hydrogen-bond donors (Lipinski definition) is 0. The number of halogens is 3. The third-order valence-corrected chi connectivity index (χ3v) is 6.71. The third kappa shape index (κ3) is 6.54. The molecule has 2 fully saturated rings. The number of thioether (sulfide) groups is 1. The van der Waals surface area contributed by atoms with E-state index in [4.69, 9.17) is 14.2 Å². The van der Waals surface area contributed by atoms with Crippen molar-refractivity contribution in [3.05, 3.63) is 62.5 Å². The molecule has 2 heterocycles. The summed E-state index contributed by atoms with van der Waals surface area (Å²) < 4.78 is 55.4. The second-order valence-electron chi connectivity index (χ2n) is 8.44. The quantitative estimate of drug-likeness (QED) is 0.248. The average molecular weight is 582 g/mol. The van der Waals surface area contributed by atoms with Crippen molar-refractivity contribution < 1.29 is 46.7 Å². The Hall–Kier alpha value is -4.11. The van der Waals surface area contributed by atoms with Crippen LogP contribution in [0.2, 0.25) is 0 Å². The maximum absolute atomic E-state index is 13.0. The molecule has 15 heteroatoms. The van der Waals surface area contributed by atoms with Gasteiger partial charge in [0.1, 0.15) is 6.54 Å². The van der Waals surface area contributed by atoms with Gasteiger partial charge < -0.3 is 19.1 Å². The Bertz CT molecular complexity index is 1380. The number of nitro groups is 1. The van der Waals surface area contributed by atoms with Gasteiger partial charge in [0.15, 0.2) is 11.5 Å². The van der Waals surface area contributed by atoms with Gasteiger partial charge >= 0.3 is 11.9 Å². The summed E-state index contributed by atoms with van der Waals surface area (Å²) in [6.45, 7) is 2.90. The molecule has 0 atom stereocenters. The minimum Gasteiger partial charge on any atom is -0.490 e. The Morgan fingerprint density at radius 1 is 1.12 bits per heavy atom. The van der Waals surface area contributed by atoms with Gasteiger partial charge in [-0.3, -0.25) is 29.4 Å². The molecule has 40 heavy (non-hydrogen) atoms. The lowest BCUT2D eigenvalue weighted by Gasteiger charge is -2.28. The number of rotatable bonds is 8. The van der Waals surface area contributed by atoms with E-state index in [1.165, 1.54) is 29.2 Å². The highest BCUT2D eigenvalue weighted by Gasteiger charge is 2.37. The van der Waals surface area contributed by atoms with E-state index in [1.807, 2.05) is 0 Å². The fourth-order valence-corrected chi connectivity index (χ4v) is 4.68. The smallest absolute Gasteiger partial charge is 0.416 e. The van der Waals surface area contributed by atoms with Crippen molar-refractivity contribution >= 4 is 40.6 Å². The number of amides is 3. The van der Waals surface area contributed by atoms with Crippen molar-refractivity contribution in [2.45, 2.75) is 13.1 Å². The molecule has 0 radical (unpaired) electrons. The average Bonchev–Trinajstić information content (AvgIpc) is 3.17. The number of morpholine rings is 1. The molecule has 2 aromatic carbocycles. The molecule has 0 N–H and O–H groups in total. The lowest BCUT2D eigenvalue weighted by Crippen LogP contribution is -2.46. The van der Waals surface area contributed by atoms with E-state index in [9.17, 15) is 37.7 Å². The first-order chi connectivity index (χ1) is 19.0. The van der Waals surface area contributed by atoms with Crippen LogP contribution in [0, 0.1) is 10.1 Å². The molecular formula is C25H22F3N3O8S. The molecule has 11 nitrogen and oxygen atoms in total. The molecule has 0 spiro atoms. The highest BCUT2D eigenvalue weighted by atomic mass is 32.2. The number of carbonyl (C=O) groups excluding carboxylic acids is 3. The molecule has 0 aliphatic carbocycles. The predicted molar refractivity (Wildman–Crippen MR) is 136 cm³/mol. The standard InChI is InChI=1S/C25H22F3N3O8S/c1-2-38-20-11-15(3-5-19(20)39-18-6-4-16(25(26,27)28)13-17(18)31(35)36)12-21-23(33)30(24(34)40-21)14-22(32)29-7-9-37-10-8-29/h3-6,11-13H,2,7-10,14H2,1H3/b21-12+. The Morgan fingerprint density at radius 2 is 1.82 bits per heavy atom. The zero-order valence-corrected chi connectivity index (χ0v) is 21.8. The lowest BCUT2D eigenvalue weighted by molar-refractivity contribution is -0.385. The Balaban J connectivity index is 1.55. The van der Waals surface area contributed by atoms with Gasteiger partial charge in [-0.25, -0.2) is 0 Å². The zero-order chi connectivity index (χ0) is 29.0. The van der Waals surface area contributed by atoms with Crippen molar-refractivity contribution in [2.24, 2.45) is 0 Å². The van der Waals surface area contributed by atoms with E-state index in [0.29, 0.717) is 55.8 Å². The van der Waals surface area contributed by atoms with Crippen LogP contribution in [0.1, 0.15) is 18.1 Å². The van der Waals surface area contributed by atoms with Crippen LogP contribution in [0.3, 0.4) is 0 Å². The summed E-state index contributed by atoms with van der Waals surface area (Å²) in [5, 5.41) is 10.8. The topological polar surface area (TPSA) is 129 Å². The molecular weight excluding hydrogens is 559 g/mol. The highest BCUT2D eigenvalue weighted by molar-refractivity contribution is 8.18. The summed E-state index contributed by atoms with van der Waals surface area (Å²) >= 11 is 0.664. The summed E-state index contributed by atoms with van der Waals surface area (Å²) in [4.78, 5) is 50.7. The van der Waals surface area contributed by atoms with Crippen LogP contribution in [0.5, 0.6) is 17.2 Å². The van der Waals surface area contributed by atoms with Gasteiger partial charge in [-0.05, 0) is 54.6 Å². The van der Waals surface area contributed by atoms with Gasteiger partial charge in [-0.2, -0.15) is 13.2 Å². The lowest BCUT2D eigenvalue weighted by atomic mass is 10.1. The van der Waals surface area contributed by atoms with E-state index in [0.717, 1.165) is 11.0 Å². The van der Waals surface area contributed by atoms with Crippen LogP contribution >= 0.6 is 11.8 Å².